The van der Waals surface area contributed by atoms with E-state index in [1.165, 1.54) is 4.90 Å². The van der Waals surface area contributed by atoms with Crippen molar-refractivity contribution in [3.05, 3.63) is 0 Å². The van der Waals surface area contributed by atoms with Crippen LogP contribution in [0.5, 0.6) is 0 Å². The Morgan fingerprint density at radius 1 is 1.40 bits per heavy atom. The number of aliphatic hydroxyl groups excluding tert-OH is 3. The van der Waals surface area contributed by atoms with Crippen LogP contribution in [-0.4, -0.2) is 70.6 Å². The molecule has 2 aliphatic heterocycles. The molecule has 15 heavy (non-hydrogen) atoms. The van der Waals surface area contributed by atoms with Crippen LogP contribution >= 0.6 is 0 Å². The van der Waals surface area contributed by atoms with Gasteiger partial charge >= 0.3 is 6.09 Å². The standard InChI is InChI=1S/C8H13NO6/c10-3-4-5(11)6(12)7(15-4)9-1-2-14-8(9)13/h4-7,10-12H,1-3H2/t4-,5+,6+,7?/m1/s1. The minimum Gasteiger partial charge on any atom is -0.447 e. The smallest absolute Gasteiger partial charge is 0.412 e. The number of ether oxygens (including phenoxy) is 2. The van der Waals surface area contributed by atoms with Crippen molar-refractivity contribution in [1.29, 1.82) is 0 Å². The maximum Gasteiger partial charge on any atom is 0.412 e. The van der Waals surface area contributed by atoms with Crippen molar-refractivity contribution in [2.45, 2.75) is 24.5 Å². The van der Waals surface area contributed by atoms with E-state index in [-0.39, 0.29) is 6.61 Å². The Balaban J connectivity index is 2.07. The number of nitrogens with zero attached hydrogens (tertiary/aromatic N) is 1. The second-order valence-electron chi connectivity index (χ2n) is 3.54. The minimum atomic E-state index is -1.22. The Morgan fingerprint density at radius 2 is 2.13 bits per heavy atom. The van der Waals surface area contributed by atoms with E-state index in [1.54, 1.807) is 0 Å². The minimum absolute atomic E-state index is 0.241. The summed E-state index contributed by atoms with van der Waals surface area (Å²) in [4.78, 5) is 12.4. The molecule has 2 aliphatic rings. The molecular weight excluding hydrogens is 206 g/mol. The summed E-state index contributed by atoms with van der Waals surface area (Å²) >= 11 is 0. The van der Waals surface area contributed by atoms with Gasteiger partial charge < -0.3 is 24.8 Å². The highest BCUT2D eigenvalue weighted by atomic mass is 16.6. The van der Waals surface area contributed by atoms with Gasteiger partial charge in [0.25, 0.3) is 0 Å². The third kappa shape index (κ3) is 1.67. The van der Waals surface area contributed by atoms with Gasteiger partial charge in [0.05, 0.1) is 13.2 Å². The molecule has 2 saturated heterocycles. The maximum absolute atomic E-state index is 11.2. The second kappa shape index (κ2) is 3.93. The predicted octanol–water partition coefficient (Wildman–Crippen LogP) is -2.12. The molecule has 7 nitrogen and oxygen atoms in total. The van der Waals surface area contributed by atoms with Gasteiger partial charge in [0, 0.05) is 0 Å². The van der Waals surface area contributed by atoms with Crippen LogP contribution in [0.4, 0.5) is 4.79 Å². The summed E-state index contributed by atoms with van der Waals surface area (Å²) < 4.78 is 9.85. The van der Waals surface area contributed by atoms with E-state index in [9.17, 15) is 15.0 Å². The third-order valence-electron chi connectivity index (χ3n) is 2.62. The van der Waals surface area contributed by atoms with Gasteiger partial charge in [-0.1, -0.05) is 0 Å². The molecule has 1 unspecified atom stereocenters. The zero-order valence-corrected chi connectivity index (χ0v) is 7.94. The topological polar surface area (TPSA) is 99.5 Å². The molecule has 0 aromatic heterocycles. The summed E-state index contributed by atoms with van der Waals surface area (Å²) in [6.45, 7) is 0.147. The Hall–Kier alpha value is -0.890. The summed E-state index contributed by atoms with van der Waals surface area (Å²) in [5, 5.41) is 27.9. The predicted molar refractivity (Wildman–Crippen MR) is 45.8 cm³/mol. The number of amides is 1. The molecule has 3 N–H and O–H groups in total. The van der Waals surface area contributed by atoms with Crippen LogP contribution in [0.1, 0.15) is 0 Å². The Morgan fingerprint density at radius 3 is 2.60 bits per heavy atom. The lowest BCUT2D eigenvalue weighted by Crippen LogP contribution is -2.44. The van der Waals surface area contributed by atoms with Gasteiger partial charge in [0.2, 0.25) is 0 Å². The first-order chi connectivity index (χ1) is 7.15. The van der Waals surface area contributed by atoms with Crippen LogP contribution in [0, 0.1) is 0 Å². The number of cyclic esters (lactones) is 1. The van der Waals surface area contributed by atoms with Crippen LogP contribution in [0.15, 0.2) is 0 Å². The molecule has 0 aromatic carbocycles. The van der Waals surface area contributed by atoms with Crippen LogP contribution in [0.3, 0.4) is 0 Å². The lowest BCUT2D eigenvalue weighted by molar-refractivity contribution is -0.0751. The molecule has 2 fully saturated rings. The molecule has 4 atom stereocenters. The summed E-state index contributed by atoms with van der Waals surface area (Å²) in [6.07, 6.45) is -4.78. The van der Waals surface area contributed by atoms with Gasteiger partial charge in [0.15, 0.2) is 6.23 Å². The van der Waals surface area contributed by atoms with Crippen LogP contribution in [0.25, 0.3) is 0 Å². The average molecular weight is 219 g/mol. The SMILES string of the molecule is O=C1OCCN1C1O[C@H](CO)[C@H](O)[C@@H]1O. The van der Waals surface area contributed by atoms with Crippen molar-refractivity contribution in [3.63, 3.8) is 0 Å². The first-order valence-electron chi connectivity index (χ1n) is 4.71. The van der Waals surface area contributed by atoms with Crippen molar-refractivity contribution >= 4 is 6.09 Å². The van der Waals surface area contributed by atoms with Gasteiger partial charge in [-0.3, -0.25) is 4.90 Å². The van der Waals surface area contributed by atoms with E-state index in [0.717, 1.165) is 0 Å². The second-order valence-corrected chi connectivity index (χ2v) is 3.54. The summed E-state index contributed by atoms with van der Waals surface area (Å²) in [5.74, 6) is 0. The number of hydrogen-bond donors (Lipinski definition) is 3. The van der Waals surface area contributed by atoms with Crippen LogP contribution in [-0.2, 0) is 9.47 Å². The average Bonchev–Trinajstić information content (AvgIpc) is 2.74. The molecular formula is C8H13NO6. The lowest BCUT2D eigenvalue weighted by Gasteiger charge is -2.23. The number of carbonyl (C=O) groups excluding carboxylic acids is 1. The monoisotopic (exact) mass is 219 g/mol. The highest BCUT2D eigenvalue weighted by Gasteiger charge is 2.48. The normalized spacial score (nSPS) is 41.0. The van der Waals surface area contributed by atoms with Gasteiger partial charge in [-0.15, -0.1) is 0 Å². The van der Waals surface area contributed by atoms with Crippen molar-refractivity contribution in [2.75, 3.05) is 19.8 Å². The highest BCUT2D eigenvalue weighted by molar-refractivity contribution is 5.69. The van der Waals surface area contributed by atoms with Gasteiger partial charge in [-0.25, -0.2) is 4.79 Å². The van der Waals surface area contributed by atoms with Crippen molar-refractivity contribution < 1.29 is 29.6 Å². The van der Waals surface area contributed by atoms with E-state index < -0.39 is 37.2 Å². The maximum atomic E-state index is 11.2. The first-order valence-corrected chi connectivity index (χ1v) is 4.71. The number of aliphatic hydroxyl groups is 3. The molecule has 2 heterocycles. The molecule has 0 bridgehead atoms. The van der Waals surface area contributed by atoms with Crippen LogP contribution < -0.4 is 0 Å². The Labute approximate surface area is 85.8 Å². The zero-order valence-electron chi connectivity index (χ0n) is 7.94. The van der Waals surface area contributed by atoms with Crippen LogP contribution in [0.2, 0.25) is 0 Å². The van der Waals surface area contributed by atoms with Gasteiger partial charge in [0.1, 0.15) is 24.9 Å². The summed E-state index contributed by atoms with van der Waals surface area (Å²) in [5.41, 5.74) is 0. The van der Waals surface area contributed by atoms with E-state index in [0.29, 0.717) is 6.54 Å². The number of hydrogen-bond acceptors (Lipinski definition) is 6. The molecule has 1 amide bonds. The van der Waals surface area contributed by atoms with E-state index in [4.69, 9.17) is 9.84 Å². The molecule has 0 aliphatic carbocycles. The Bertz CT molecular complexity index is 260. The largest absolute Gasteiger partial charge is 0.447 e. The van der Waals surface area contributed by atoms with Gasteiger partial charge in [-0.05, 0) is 0 Å². The summed E-state index contributed by atoms with van der Waals surface area (Å²) in [7, 11) is 0. The van der Waals surface area contributed by atoms with E-state index in [2.05, 4.69) is 4.74 Å². The fourth-order valence-corrected chi connectivity index (χ4v) is 1.77. The molecule has 2 rings (SSSR count). The molecule has 0 radical (unpaired) electrons. The fraction of sp³-hybridized carbons (Fsp3) is 0.875. The molecule has 0 spiro atoms. The van der Waals surface area contributed by atoms with Crippen molar-refractivity contribution in [1.82, 2.24) is 4.90 Å². The zero-order chi connectivity index (χ0) is 11.0. The van der Waals surface area contributed by atoms with E-state index >= 15 is 0 Å². The van der Waals surface area contributed by atoms with Crippen molar-refractivity contribution in [3.8, 4) is 0 Å². The quantitative estimate of drug-likeness (QED) is 0.491. The molecule has 0 saturated carbocycles. The van der Waals surface area contributed by atoms with Crippen molar-refractivity contribution in [2.24, 2.45) is 0 Å². The van der Waals surface area contributed by atoms with Gasteiger partial charge in [-0.2, -0.15) is 0 Å². The van der Waals surface area contributed by atoms with E-state index in [1.807, 2.05) is 0 Å². The Kier molecular flexibility index (Phi) is 2.79. The molecule has 0 aromatic rings. The molecule has 86 valence electrons. The lowest BCUT2D eigenvalue weighted by atomic mass is 10.1. The molecule has 7 heteroatoms. The fourth-order valence-electron chi connectivity index (χ4n) is 1.77. The summed E-state index contributed by atoms with van der Waals surface area (Å²) in [6, 6.07) is 0. The first kappa shape index (κ1) is 10.6. The number of rotatable bonds is 2. The number of carbonyl (C=O) groups is 1. The third-order valence-corrected chi connectivity index (χ3v) is 2.62. The highest BCUT2D eigenvalue weighted by Crippen LogP contribution is 2.25.